The van der Waals surface area contributed by atoms with Crippen molar-refractivity contribution in [2.45, 2.75) is 31.4 Å². The van der Waals surface area contributed by atoms with Gasteiger partial charge in [0.05, 0.1) is 18.6 Å². The highest BCUT2D eigenvalue weighted by Crippen LogP contribution is 2.37. The van der Waals surface area contributed by atoms with E-state index in [1.807, 2.05) is 17.0 Å². The lowest BCUT2D eigenvalue weighted by Gasteiger charge is -2.24. The number of hydrogen-bond donors (Lipinski definition) is 1. The maximum absolute atomic E-state index is 11.7. The summed E-state index contributed by atoms with van der Waals surface area (Å²) >= 11 is 0. The van der Waals surface area contributed by atoms with E-state index in [1.165, 1.54) is 11.1 Å². The number of likely N-dealkylation sites (tertiary alicyclic amines) is 1. The van der Waals surface area contributed by atoms with E-state index in [1.54, 1.807) is 0 Å². The summed E-state index contributed by atoms with van der Waals surface area (Å²) in [5.41, 5.74) is 2.62. The highest BCUT2D eigenvalue weighted by Gasteiger charge is 2.36. The average Bonchev–Trinajstić information content (AvgIpc) is 2.81. The largest absolute Gasteiger partial charge is 0.391 e. The number of fused-ring (bicyclic) bond motifs is 1. The molecule has 3 rings (SSSR count). The van der Waals surface area contributed by atoms with Crippen LogP contribution in [0.2, 0.25) is 0 Å². The van der Waals surface area contributed by atoms with Gasteiger partial charge in [-0.05, 0) is 24.0 Å². The Bertz CT molecular complexity index is 430. The summed E-state index contributed by atoms with van der Waals surface area (Å²) in [5.74, 6) is 0.0919. The number of β-amino-alcohol motifs (C(OH)–C–C–N with tert-alkyl or cyclic N) is 1. The van der Waals surface area contributed by atoms with Crippen LogP contribution in [0, 0.1) is 0 Å². The Morgan fingerprint density at radius 1 is 1.31 bits per heavy atom. The number of amides is 1. The van der Waals surface area contributed by atoms with Crippen LogP contribution in [0.15, 0.2) is 24.3 Å². The van der Waals surface area contributed by atoms with Crippen LogP contribution in [0.4, 0.5) is 0 Å². The normalized spacial score (nSPS) is 28.6. The molecule has 2 unspecified atom stereocenters. The van der Waals surface area contributed by atoms with Crippen molar-refractivity contribution >= 4 is 5.91 Å². The molecule has 2 aliphatic rings. The average molecular weight is 217 g/mol. The first kappa shape index (κ1) is 9.85. The molecule has 3 nitrogen and oxygen atoms in total. The van der Waals surface area contributed by atoms with E-state index >= 15 is 0 Å². The van der Waals surface area contributed by atoms with Crippen molar-refractivity contribution in [2.24, 2.45) is 0 Å². The molecule has 1 amide bonds. The molecule has 1 aromatic rings. The molecule has 0 radical (unpaired) electrons. The van der Waals surface area contributed by atoms with Crippen molar-refractivity contribution < 1.29 is 9.90 Å². The van der Waals surface area contributed by atoms with Gasteiger partial charge in [0.25, 0.3) is 0 Å². The van der Waals surface area contributed by atoms with Crippen LogP contribution in [0.3, 0.4) is 0 Å². The molecule has 0 bridgehead atoms. The number of benzene rings is 1. The number of aliphatic hydroxyl groups excluding tert-OH is 1. The Morgan fingerprint density at radius 2 is 2.12 bits per heavy atom. The second-order valence-electron chi connectivity index (χ2n) is 4.66. The van der Waals surface area contributed by atoms with Gasteiger partial charge < -0.3 is 10.0 Å². The minimum absolute atomic E-state index is 0.0919. The summed E-state index contributed by atoms with van der Waals surface area (Å²) in [5, 5.41) is 9.52. The van der Waals surface area contributed by atoms with Crippen LogP contribution in [0.1, 0.15) is 30.0 Å². The van der Waals surface area contributed by atoms with Crippen LogP contribution in [0.25, 0.3) is 0 Å². The van der Waals surface area contributed by atoms with Crippen LogP contribution >= 0.6 is 0 Å². The van der Waals surface area contributed by atoms with Gasteiger partial charge in [-0.2, -0.15) is 0 Å². The monoisotopic (exact) mass is 217 g/mol. The maximum atomic E-state index is 11.7. The summed E-state index contributed by atoms with van der Waals surface area (Å²) < 4.78 is 0. The first-order valence-electron chi connectivity index (χ1n) is 5.81. The first-order valence-corrected chi connectivity index (χ1v) is 5.81. The van der Waals surface area contributed by atoms with E-state index in [9.17, 15) is 9.90 Å². The fraction of sp³-hybridized carbons (Fsp3) is 0.462. The molecule has 1 aliphatic carbocycles. The summed E-state index contributed by atoms with van der Waals surface area (Å²) in [6.07, 6.45) is 1.86. The number of hydrogen-bond acceptors (Lipinski definition) is 2. The van der Waals surface area contributed by atoms with Gasteiger partial charge in [0, 0.05) is 6.54 Å². The fourth-order valence-corrected chi connectivity index (χ4v) is 2.87. The topological polar surface area (TPSA) is 40.5 Å². The van der Waals surface area contributed by atoms with Gasteiger partial charge >= 0.3 is 0 Å². The zero-order valence-electron chi connectivity index (χ0n) is 9.10. The molecule has 1 saturated heterocycles. The Balaban J connectivity index is 1.90. The Kier molecular flexibility index (Phi) is 2.21. The van der Waals surface area contributed by atoms with Gasteiger partial charge in [-0.3, -0.25) is 4.79 Å². The van der Waals surface area contributed by atoms with Crippen molar-refractivity contribution in [3.05, 3.63) is 35.4 Å². The molecule has 0 spiro atoms. The second kappa shape index (κ2) is 3.59. The fourth-order valence-electron chi connectivity index (χ4n) is 2.87. The van der Waals surface area contributed by atoms with Gasteiger partial charge in [0.1, 0.15) is 0 Å². The van der Waals surface area contributed by atoms with Crippen LogP contribution < -0.4 is 0 Å². The third-order valence-corrected chi connectivity index (χ3v) is 3.62. The van der Waals surface area contributed by atoms with Crippen molar-refractivity contribution in [2.75, 3.05) is 6.54 Å². The van der Waals surface area contributed by atoms with Gasteiger partial charge in [-0.1, -0.05) is 24.3 Å². The van der Waals surface area contributed by atoms with E-state index in [-0.39, 0.29) is 11.9 Å². The molecule has 3 heteroatoms. The van der Waals surface area contributed by atoms with Crippen LogP contribution in [-0.2, 0) is 11.2 Å². The first-order chi connectivity index (χ1) is 7.75. The van der Waals surface area contributed by atoms with Gasteiger partial charge in [0.2, 0.25) is 5.91 Å². The number of carbonyl (C=O) groups is 1. The smallest absolute Gasteiger partial charge is 0.225 e. The molecule has 0 aromatic heterocycles. The molecular formula is C13H15NO2. The SMILES string of the molecule is O=C1CC(O)CN1C1CCc2ccccc21. The highest BCUT2D eigenvalue weighted by atomic mass is 16.3. The zero-order valence-corrected chi connectivity index (χ0v) is 9.10. The van der Waals surface area contributed by atoms with Gasteiger partial charge in [0.15, 0.2) is 0 Å². The molecule has 1 N–H and O–H groups in total. The lowest BCUT2D eigenvalue weighted by molar-refractivity contribution is -0.129. The summed E-state index contributed by atoms with van der Waals surface area (Å²) in [7, 11) is 0. The molecule has 0 saturated carbocycles. The number of aliphatic hydroxyl groups is 1. The van der Waals surface area contributed by atoms with Crippen molar-refractivity contribution in [1.82, 2.24) is 4.90 Å². The lowest BCUT2D eigenvalue weighted by atomic mass is 10.1. The predicted octanol–water partition coefficient (Wildman–Crippen LogP) is 1.27. The van der Waals surface area contributed by atoms with E-state index in [0.717, 1.165) is 12.8 Å². The van der Waals surface area contributed by atoms with Crippen molar-refractivity contribution in [1.29, 1.82) is 0 Å². The Morgan fingerprint density at radius 3 is 2.88 bits per heavy atom. The molecule has 1 fully saturated rings. The molecule has 2 atom stereocenters. The third kappa shape index (κ3) is 1.43. The lowest BCUT2D eigenvalue weighted by Crippen LogP contribution is -2.29. The summed E-state index contributed by atoms with van der Waals surface area (Å²) in [6.45, 7) is 0.498. The number of carbonyl (C=O) groups excluding carboxylic acids is 1. The number of nitrogens with zero attached hydrogens (tertiary/aromatic N) is 1. The second-order valence-corrected chi connectivity index (χ2v) is 4.66. The van der Waals surface area contributed by atoms with E-state index in [0.29, 0.717) is 13.0 Å². The molecule has 84 valence electrons. The van der Waals surface area contributed by atoms with E-state index in [4.69, 9.17) is 0 Å². The Hall–Kier alpha value is -1.35. The summed E-state index contributed by atoms with van der Waals surface area (Å²) in [6, 6.07) is 8.49. The predicted molar refractivity (Wildman–Crippen MR) is 59.8 cm³/mol. The number of aryl methyl sites for hydroxylation is 1. The minimum Gasteiger partial charge on any atom is -0.391 e. The third-order valence-electron chi connectivity index (χ3n) is 3.62. The summed E-state index contributed by atoms with van der Waals surface area (Å²) in [4.78, 5) is 13.6. The van der Waals surface area contributed by atoms with Crippen molar-refractivity contribution in [3.8, 4) is 0 Å². The van der Waals surface area contributed by atoms with Gasteiger partial charge in [-0.15, -0.1) is 0 Å². The van der Waals surface area contributed by atoms with Gasteiger partial charge in [-0.25, -0.2) is 0 Å². The quantitative estimate of drug-likeness (QED) is 0.769. The molecule has 1 aromatic carbocycles. The highest BCUT2D eigenvalue weighted by molar-refractivity contribution is 5.79. The zero-order chi connectivity index (χ0) is 11.1. The molecule has 1 heterocycles. The minimum atomic E-state index is -0.472. The van der Waals surface area contributed by atoms with Crippen molar-refractivity contribution in [3.63, 3.8) is 0 Å². The van der Waals surface area contributed by atoms with E-state index < -0.39 is 6.10 Å². The Labute approximate surface area is 94.7 Å². The number of rotatable bonds is 1. The standard InChI is InChI=1S/C13H15NO2/c15-10-7-13(16)14(8-10)12-6-5-9-3-1-2-4-11(9)12/h1-4,10,12,15H,5-8H2. The van der Waals surface area contributed by atoms with E-state index in [2.05, 4.69) is 12.1 Å². The van der Waals surface area contributed by atoms with Crippen LogP contribution in [-0.4, -0.2) is 28.6 Å². The van der Waals surface area contributed by atoms with Crippen LogP contribution in [0.5, 0.6) is 0 Å². The maximum Gasteiger partial charge on any atom is 0.225 e. The molecule has 16 heavy (non-hydrogen) atoms. The molecule has 1 aliphatic heterocycles. The molecular weight excluding hydrogens is 202 g/mol.